The zero-order valence-corrected chi connectivity index (χ0v) is 11.3. The second-order valence-electron chi connectivity index (χ2n) is 4.58. The van der Waals surface area contributed by atoms with Gasteiger partial charge in [-0.1, -0.05) is 13.3 Å². The van der Waals surface area contributed by atoms with Crippen LogP contribution in [-0.2, 0) is 16.0 Å². The minimum absolute atomic E-state index is 0.0502. The van der Waals surface area contributed by atoms with Gasteiger partial charge in [0, 0.05) is 12.7 Å². The number of aromatic nitrogens is 2. The van der Waals surface area contributed by atoms with Gasteiger partial charge in [-0.15, -0.1) is 0 Å². The van der Waals surface area contributed by atoms with Crippen molar-refractivity contribution in [1.82, 2.24) is 14.9 Å². The van der Waals surface area contributed by atoms with Crippen LogP contribution in [0.1, 0.15) is 29.4 Å². The van der Waals surface area contributed by atoms with Crippen molar-refractivity contribution >= 4 is 11.9 Å². The molecule has 1 saturated heterocycles. The van der Waals surface area contributed by atoms with E-state index < -0.39 is 12.1 Å². The highest BCUT2D eigenvalue weighted by Crippen LogP contribution is 2.13. The lowest BCUT2D eigenvalue weighted by Crippen LogP contribution is -2.48. The van der Waals surface area contributed by atoms with E-state index in [0.717, 1.165) is 6.42 Å². The van der Waals surface area contributed by atoms with Crippen LogP contribution in [0.25, 0.3) is 0 Å². The molecule has 1 aliphatic heterocycles. The molecule has 0 aromatic carbocycles. The number of ether oxygens (including phenoxy) is 1. The van der Waals surface area contributed by atoms with Gasteiger partial charge in [0.15, 0.2) is 6.10 Å². The molecule has 1 fully saturated rings. The molecule has 2 heterocycles. The number of hydrogen-bond donors (Lipinski definition) is 1. The first kappa shape index (κ1) is 14.4. The molecule has 0 saturated carbocycles. The highest BCUT2D eigenvalue weighted by Gasteiger charge is 2.30. The number of carbonyl (C=O) groups is 2. The molecule has 1 amide bonds. The minimum atomic E-state index is -1.06. The Morgan fingerprint density at radius 2 is 2.35 bits per heavy atom. The van der Waals surface area contributed by atoms with Crippen molar-refractivity contribution in [2.45, 2.75) is 25.9 Å². The van der Waals surface area contributed by atoms with Crippen molar-refractivity contribution in [3.63, 3.8) is 0 Å². The Kier molecular flexibility index (Phi) is 4.62. The van der Waals surface area contributed by atoms with E-state index in [0.29, 0.717) is 24.2 Å². The fraction of sp³-hybridized carbons (Fsp3) is 0.538. The van der Waals surface area contributed by atoms with E-state index in [1.807, 2.05) is 6.92 Å². The topological polar surface area (TPSA) is 92.6 Å². The van der Waals surface area contributed by atoms with Crippen molar-refractivity contribution in [1.29, 1.82) is 0 Å². The van der Waals surface area contributed by atoms with Gasteiger partial charge in [0.2, 0.25) is 0 Å². The number of aliphatic carboxylic acids is 1. The predicted octanol–water partition coefficient (Wildman–Crippen LogP) is 0.355. The van der Waals surface area contributed by atoms with E-state index in [4.69, 9.17) is 9.84 Å². The Balaban J connectivity index is 2.16. The fourth-order valence-electron chi connectivity index (χ4n) is 2.12. The maximum atomic E-state index is 12.5. The molecule has 1 N–H and O–H groups in total. The SMILES string of the molecule is CCCc1ncncc1C(=O)N1CCOC(C(=O)O)C1. The maximum absolute atomic E-state index is 12.5. The number of carboxylic acids is 1. The molecule has 7 nitrogen and oxygen atoms in total. The van der Waals surface area contributed by atoms with Crippen LogP contribution < -0.4 is 0 Å². The summed E-state index contributed by atoms with van der Waals surface area (Å²) in [6.07, 6.45) is 3.51. The largest absolute Gasteiger partial charge is 0.479 e. The average molecular weight is 279 g/mol. The number of carbonyl (C=O) groups excluding carboxylic acids is 1. The third kappa shape index (κ3) is 3.11. The molecule has 0 aliphatic carbocycles. The van der Waals surface area contributed by atoms with Gasteiger partial charge >= 0.3 is 5.97 Å². The van der Waals surface area contributed by atoms with Crippen molar-refractivity contribution in [3.05, 3.63) is 23.8 Å². The number of rotatable bonds is 4. The van der Waals surface area contributed by atoms with Crippen LogP contribution in [0.15, 0.2) is 12.5 Å². The Labute approximate surface area is 116 Å². The molecular formula is C13H17N3O4. The number of nitrogens with zero attached hydrogens (tertiary/aromatic N) is 3. The Bertz CT molecular complexity index is 506. The number of aryl methyl sites for hydroxylation is 1. The molecule has 0 radical (unpaired) electrons. The third-order valence-electron chi connectivity index (χ3n) is 3.14. The van der Waals surface area contributed by atoms with Gasteiger partial charge in [0.25, 0.3) is 5.91 Å². The summed E-state index contributed by atoms with van der Waals surface area (Å²) >= 11 is 0. The summed E-state index contributed by atoms with van der Waals surface area (Å²) in [6.45, 7) is 2.66. The van der Waals surface area contributed by atoms with Gasteiger partial charge in [-0.2, -0.15) is 0 Å². The highest BCUT2D eigenvalue weighted by molar-refractivity contribution is 5.95. The Morgan fingerprint density at radius 3 is 3.05 bits per heavy atom. The van der Waals surface area contributed by atoms with E-state index >= 15 is 0 Å². The molecular weight excluding hydrogens is 262 g/mol. The van der Waals surface area contributed by atoms with Crippen LogP contribution in [0.5, 0.6) is 0 Å². The summed E-state index contributed by atoms with van der Waals surface area (Å²) in [5, 5.41) is 8.96. The van der Waals surface area contributed by atoms with Gasteiger partial charge in [-0.3, -0.25) is 4.79 Å². The standard InChI is InChI=1S/C13H17N3O4/c1-2-3-10-9(6-14-8-15-10)12(17)16-4-5-20-11(7-16)13(18)19/h6,8,11H,2-5,7H2,1H3,(H,18,19). The molecule has 0 bridgehead atoms. The van der Waals surface area contributed by atoms with Crippen LogP contribution in [0.4, 0.5) is 0 Å². The molecule has 0 spiro atoms. The van der Waals surface area contributed by atoms with E-state index in [2.05, 4.69) is 9.97 Å². The number of carboxylic acid groups (broad SMARTS) is 1. The van der Waals surface area contributed by atoms with Crippen LogP contribution in [0.2, 0.25) is 0 Å². The molecule has 1 aromatic rings. The summed E-state index contributed by atoms with van der Waals surface area (Å²) in [5.41, 5.74) is 1.14. The summed E-state index contributed by atoms with van der Waals surface area (Å²) in [7, 11) is 0. The van der Waals surface area contributed by atoms with Gasteiger partial charge in [-0.05, 0) is 6.42 Å². The quantitative estimate of drug-likeness (QED) is 0.855. The first-order valence-corrected chi connectivity index (χ1v) is 6.56. The van der Waals surface area contributed by atoms with Crippen LogP contribution in [0.3, 0.4) is 0 Å². The number of morpholine rings is 1. The van der Waals surface area contributed by atoms with Gasteiger partial charge < -0.3 is 14.7 Å². The summed E-state index contributed by atoms with van der Waals surface area (Å²) in [5.74, 6) is -1.29. The molecule has 108 valence electrons. The van der Waals surface area contributed by atoms with E-state index in [-0.39, 0.29) is 19.1 Å². The monoisotopic (exact) mass is 279 g/mol. The summed E-state index contributed by atoms with van der Waals surface area (Å²) in [6, 6.07) is 0. The molecule has 20 heavy (non-hydrogen) atoms. The Morgan fingerprint density at radius 1 is 1.55 bits per heavy atom. The molecule has 1 aliphatic rings. The highest BCUT2D eigenvalue weighted by atomic mass is 16.5. The van der Waals surface area contributed by atoms with Crippen molar-refractivity contribution in [2.24, 2.45) is 0 Å². The second kappa shape index (κ2) is 6.42. The number of hydrogen-bond acceptors (Lipinski definition) is 5. The van der Waals surface area contributed by atoms with Crippen molar-refractivity contribution in [3.8, 4) is 0 Å². The fourth-order valence-corrected chi connectivity index (χ4v) is 2.12. The van der Waals surface area contributed by atoms with Crippen LogP contribution in [-0.4, -0.2) is 57.7 Å². The maximum Gasteiger partial charge on any atom is 0.334 e. The lowest BCUT2D eigenvalue weighted by Gasteiger charge is -2.31. The van der Waals surface area contributed by atoms with Gasteiger partial charge in [-0.25, -0.2) is 14.8 Å². The summed E-state index contributed by atoms with van der Waals surface area (Å²) in [4.78, 5) is 32.9. The zero-order chi connectivity index (χ0) is 14.5. The average Bonchev–Trinajstić information content (AvgIpc) is 2.47. The molecule has 7 heteroatoms. The van der Waals surface area contributed by atoms with E-state index in [1.54, 1.807) is 0 Å². The van der Waals surface area contributed by atoms with E-state index in [1.165, 1.54) is 17.4 Å². The predicted molar refractivity (Wildman–Crippen MR) is 69.3 cm³/mol. The zero-order valence-electron chi connectivity index (χ0n) is 11.3. The number of amides is 1. The normalized spacial score (nSPS) is 18.9. The van der Waals surface area contributed by atoms with Crippen molar-refractivity contribution < 1.29 is 19.4 Å². The van der Waals surface area contributed by atoms with Gasteiger partial charge in [0.05, 0.1) is 24.4 Å². The first-order chi connectivity index (χ1) is 9.63. The van der Waals surface area contributed by atoms with Gasteiger partial charge in [0.1, 0.15) is 6.33 Å². The Hall–Kier alpha value is -2.02. The lowest BCUT2D eigenvalue weighted by molar-refractivity contribution is -0.154. The lowest BCUT2D eigenvalue weighted by atomic mass is 10.1. The van der Waals surface area contributed by atoms with Crippen LogP contribution >= 0.6 is 0 Å². The molecule has 1 unspecified atom stereocenters. The molecule has 2 rings (SSSR count). The molecule has 1 atom stereocenters. The second-order valence-corrected chi connectivity index (χ2v) is 4.58. The molecule has 1 aromatic heterocycles. The van der Waals surface area contributed by atoms with Crippen molar-refractivity contribution in [2.75, 3.05) is 19.7 Å². The van der Waals surface area contributed by atoms with E-state index in [9.17, 15) is 9.59 Å². The first-order valence-electron chi connectivity index (χ1n) is 6.56. The minimum Gasteiger partial charge on any atom is -0.479 e. The summed E-state index contributed by atoms with van der Waals surface area (Å²) < 4.78 is 5.11. The third-order valence-corrected chi connectivity index (χ3v) is 3.14. The smallest absolute Gasteiger partial charge is 0.334 e. The van der Waals surface area contributed by atoms with Crippen LogP contribution in [0, 0.1) is 0 Å².